The van der Waals surface area contributed by atoms with Crippen LogP contribution in [0.15, 0.2) is 23.4 Å². The van der Waals surface area contributed by atoms with Crippen LogP contribution in [0.25, 0.3) is 0 Å². The highest BCUT2D eigenvalue weighted by Gasteiger charge is 2.22. The fourth-order valence-corrected chi connectivity index (χ4v) is 2.11. The van der Waals surface area contributed by atoms with Crippen LogP contribution < -0.4 is 0 Å². The summed E-state index contributed by atoms with van der Waals surface area (Å²) in [7, 11) is 1.36. The van der Waals surface area contributed by atoms with E-state index in [2.05, 4.69) is 9.89 Å². The quantitative estimate of drug-likeness (QED) is 0.358. The van der Waals surface area contributed by atoms with Crippen LogP contribution in [0.3, 0.4) is 0 Å². The van der Waals surface area contributed by atoms with Crippen LogP contribution in [-0.4, -0.2) is 24.5 Å². The zero-order valence-electron chi connectivity index (χ0n) is 9.01. The van der Waals surface area contributed by atoms with Crippen LogP contribution >= 0.6 is 0 Å². The standard InChI is InChI=1S/C12H13NO3/c1-16-12(14)9-4-2-8-3-5-10(7-13-15)11(8)6-9/h2,4,6-7,10,15H,3,5H2,1H3/b13-7+. The van der Waals surface area contributed by atoms with E-state index in [4.69, 9.17) is 5.21 Å². The largest absolute Gasteiger partial charge is 0.465 e. The lowest BCUT2D eigenvalue weighted by atomic mass is 10.0. The van der Waals surface area contributed by atoms with Crippen molar-refractivity contribution in [1.82, 2.24) is 0 Å². The number of oxime groups is 1. The van der Waals surface area contributed by atoms with E-state index in [0.29, 0.717) is 5.56 Å². The van der Waals surface area contributed by atoms with Crippen molar-refractivity contribution in [3.05, 3.63) is 34.9 Å². The first kappa shape index (κ1) is 10.7. The first-order chi connectivity index (χ1) is 7.76. The van der Waals surface area contributed by atoms with Crippen LogP contribution in [0.4, 0.5) is 0 Å². The molecule has 1 unspecified atom stereocenters. The number of nitrogens with zero attached hydrogens (tertiary/aromatic N) is 1. The molecule has 4 heteroatoms. The number of fused-ring (bicyclic) bond motifs is 1. The second kappa shape index (κ2) is 4.35. The number of carbonyl (C=O) groups is 1. The Morgan fingerprint density at radius 1 is 1.62 bits per heavy atom. The van der Waals surface area contributed by atoms with E-state index in [1.807, 2.05) is 12.1 Å². The average molecular weight is 219 g/mol. The lowest BCUT2D eigenvalue weighted by Gasteiger charge is -2.06. The smallest absolute Gasteiger partial charge is 0.337 e. The third-order valence-corrected chi connectivity index (χ3v) is 2.94. The zero-order valence-corrected chi connectivity index (χ0v) is 9.01. The van der Waals surface area contributed by atoms with Crippen molar-refractivity contribution >= 4 is 12.2 Å². The highest BCUT2D eigenvalue weighted by molar-refractivity contribution is 5.90. The van der Waals surface area contributed by atoms with Gasteiger partial charge in [-0.1, -0.05) is 6.07 Å². The number of ether oxygens (including phenoxy) is 1. The lowest BCUT2D eigenvalue weighted by Crippen LogP contribution is -2.03. The molecular weight excluding hydrogens is 206 g/mol. The van der Waals surface area contributed by atoms with Gasteiger partial charge in [-0.15, -0.1) is 5.16 Å². The number of carbonyl (C=O) groups excluding carboxylic acids is 1. The Kier molecular flexibility index (Phi) is 2.90. The molecule has 16 heavy (non-hydrogen) atoms. The van der Waals surface area contributed by atoms with Crippen molar-refractivity contribution in [3.63, 3.8) is 0 Å². The van der Waals surface area contributed by atoms with Gasteiger partial charge in [-0.3, -0.25) is 0 Å². The fourth-order valence-electron chi connectivity index (χ4n) is 2.11. The molecule has 0 bridgehead atoms. The van der Waals surface area contributed by atoms with Gasteiger partial charge < -0.3 is 9.94 Å². The van der Waals surface area contributed by atoms with Crippen molar-refractivity contribution < 1.29 is 14.7 Å². The van der Waals surface area contributed by atoms with Gasteiger partial charge in [0.2, 0.25) is 0 Å². The molecule has 0 saturated heterocycles. The first-order valence-electron chi connectivity index (χ1n) is 5.15. The maximum atomic E-state index is 11.4. The molecule has 0 aromatic heterocycles. The second-order valence-electron chi connectivity index (χ2n) is 3.81. The molecule has 84 valence electrons. The van der Waals surface area contributed by atoms with Gasteiger partial charge in [0.05, 0.1) is 18.9 Å². The molecule has 1 aromatic carbocycles. The molecule has 0 saturated carbocycles. The van der Waals surface area contributed by atoms with Gasteiger partial charge >= 0.3 is 5.97 Å². The predicted octanol–water partition coefficient (Wildman–Crippen LogP) is 1.96. The summed E-state index contributed by atoms with van der Waals surface area (Å²) in [6.45, 7) is 0. The van der Waals surface area contributed by atoms with Crippen molar-refractivity contribution in [2.45, 2.75) is 18.8 Å². The van der Waals surface area contributed by atoms with E-state index in [1.165, 1.54) is 18.9 Å². The SMILES string of the molecule is COC(=O)c1ccc2c(c1)C(/C=N/O)CC2. The number of hydrogen-bond acceptors (Lipinski definition) is 4. The van der Waals surface area contributed by atoms with Crippen molar-refractivity contribution in [2.24, 2.45) is 5.16 Å². The van der Waals surface area contributed by atoms with Crippen LogP contribution in [-0.2, 0) is 11.2 Å². The van der Waals surface area contributed by atoms with E-state index in [9.17, 15) is 4.79 Å². The van der Waals surface area contributed by atoms with Crippen molar-refractivity contribution in [1.29, 1.82) is 0 Å². The number of benzene rings is 1. The molecule has 2 rings (SSSR count). The average Bonchev–Trinajstić information content (AvgIpc) is 2.71. The maximum absolute atomic E-state index is 11.4. The molecule has 0 fully saturated rings. The molecule has 0 heterocycles. The highest BCUT2D eigenvalue weighted by atomic mass is 16.5. The Hall–Kier alpha value is -1.84. The van der Waals surface area contributed by atoms with Gasteiger partial charge in [-0.05, 0) is 36.1 Å². The molecule has 0 radical (unpaired) electrons. The summed E-state index contributed by atoms with van der Waals surface area (Å²) in [5.41, 5.74) is 2.80. The molecule has 1 aliphatic rings. The van der Waals surface area contributed by atoms with Crippen molar-refractivity contribution in [3.8, 4) is 0 Å². The molecule has 1 aliphatic carbocycles. The van der Waals surface area contributed by atoms with Gasteiger partial charge in [0.15, 0.2) is 0 Å². The third-order valence-electron chi connectivity index (χ3n) is 2.94. The number of methoxy groups -OCH3 is 1. The van der Waals surface area contributed by atoms with Crippen LogP contribution in [0.5, 0.6) is 0 Å². The number of esters is 1. The molecular formula is C12H13NO3. The molecule has 1 aromatic rings. The van der Waals surface area contributed by atoms with E-state index in [1.54, 1.807) is 6.07 Å². The summed E-state index contributed by atoms with van der Waals surface area (Å²) >= 11 is 0. The molecule has 1 N–H and O–H groups in total. The summed E-state index contributed by atoms with van der Waals surface area (Å²) in [4.78, 5) is 11.4. The van der Waals surface area contributed by atoms with Crippen LogP contribution in [0.2, 0.25) is 0 Å². The molecule has 1 atom stereocenters. The van der Waals surface area contributed by atoms with E-state index in [-0.39, 0.29) is 11.9 Å². The minimum absolute atomic E-state index is 0.101. The summed E-state index contributed by atoms with van der Waals surface area (Å²) in [5, 5.41) is 11.6. The Morgan fingerprint density at radius 2 is 2.44 bits per heavy atom. The van der Waals surface area contributed by atoms with Crippen molar-refractivity contribution in [2.75, 3.05) is 7.11 Å². The molecule has 4 nitrogen and oxygen atoms in total. The zero-order chi connectivity index (χ0) is 11.5. The Balaban J connectivity index is 2.37. The first-order valence-corrected chi connectivity index (χ1v) is 5.15. The number of aryl methyl sites for hydroxylation is 1. The normalized spacial score (nSPS) is 18.7. The number of hydrogen-bond donors (Lipinski definition) is 1. The predicted molar refractivity (Wildman–Crippen MR) is 59.1 cm³/mol. The minimum Gasteiger partial charge on any atom is -0.465 e. The Bertz CT molecular complexity index is 440. The topological polar surface area (TPSA) is 58.9 Å². The summed E-state index contributed by atoms with van der Waals surface area (Å²) in [6.07, 6.45) is 3.38. The van der Waals surface area contributed by atoms with E-state index in [0.717, 1.165) is 18.4 Å². The molecule has 0 spiro atoms. The molecule has 0 amide bonds. The van der Waals surface area contributed by atoms with E-state index >= 15 is 0 Å². The molecule has 0 aliphatic heterocycles. The minimum atomic E-state index is -0.339. The van der Waals surface area contributed by atoms with E-state index < -0.39 is 0 Å². The van der Waals surface area contributed by atoms with Crippen LogP contribution in [0, 0.1) is 0 Å². The van der Waals surface area contributed by atoms with Gasteiger partial charge in [0, 0.05) is 5.92 Å². The highest BCUT2D eigenvalue weighted by Crippen LogP contribution is 2.32. The monoisotopic (exact) mass is 219 g/mol. The Labute approximate surface area is 93.5 Å². The van der Waals surface area contributed by atoms with Crippen LogP contribution in [0.1, 0.15) is 33.8 Å². The van der Waals surface area contributed by atoms with Gasteiger partial charge in [0.1, 0.15) is 0 Å². The summed E-state index contributed by atoms with van der Waals surface area (Å²) in [6, 6.07) is 5.52. The second-order valence-corrected chi connectivity index (χ2v) is 3.81. The third kappa shape index (κ3) is 1.78. The summed E-state index contributed by atoms with van der Waals surface area (Å²) in [5.74, 6) is -0.237. The fraction of sp³-hybridized carbons (Fsp3) is 0.333. The number of rotatable bonds is 2. The lowest BCUT2D eigenvalue weighted by molar-refractivity contribution is 0.0600. The van der Waals surface area contributed by atoms with Gasteiger partial charge in [-0.25, -0.2) is 4.79 Å². The maximum Gasteiger partial charge on any atom is 0.337 e. The summed E-state index contributed by atoms with van der Waals surface area (Å²) < 4.78 is 4.67. The Morgan fingerprint density at radius 3 is 3.12 bits per heavy atom. The van der Waals surface area contributed by atoms with Gasteiger partial charge in [-0.2, -0.15) is 0 Å². The van der Waals surface area contributed by atoms with Gasteiger partial charge in [0.25, 0.3) is 0 Å².